The number of nitro benzene ring substituents is 1. The molecule has 1 saturated heterocycles. The Hall–Kier alpha value is -2.93. The second-order valence-electron chi connectivity index (χ2n) is 6.97. The van der Waals surface area contributed by atoms with Crippen LogP contribution >= 0.6 is 0 Å². The normalized spacial score (nSPS) is 17.6. The molecule has 1 aliphatic rings. The number of carbonyl (C=O) groups excluding carboxylic acids is 1. The van der Waals surface area contributed by atoms with Gasteiger partial charge in [0, 0.05) is 49.2 Å². The number of rotatable bonds is 5. The van der Waals surface area contributed by atoms with E-state index in [1.807, 2.05) is 0 Å². The molecule has 0 aromatic heterocycles. The van der Waals surface area contributed by atoms with Crippen molar-refractivity contribution in [1.82, 2.24) is 4.90 Å². The molecule has 0 saturated carbocycles. The lowest BCUT2D eigenvalue weighted by atomic mass is 10.1. The lowest BCUT2D eigenvalue weighted by Crippen LogP contribution is -2.53. The number of hydrogen-bond donors (Lipinski definition) is 1. The molecule has 142 valence electrons. The van der Waals surface area contributed by atoms with E-state index in [1.165, 1.54) is 23.4 Å². The predicted molar refractivity (Wildman–Crippen MR) is 106 cm³/mol. The lowest BCUT2D eigenvalue weighted by Gasteiger charge is -2.41. The number of non-ortho nitro benzene ring substituents is 1. The molecule has 0 aliphatic carbocycles. The monoisotopic (exact) mass is 368 g/mol. The molecule has 1 unspecified atom stereocenters. The Morgan fingerprint density at radius 1 is 1.22 bits per heavy atom. The van der Waals surface area contributed by atoms with Crippen LogP contribution in [0.5, 0.6) is 0 Å². The summed E-state index contributed by atoms with van der Waals surface area (Å²) in [5, 5.41) is 13.6. The van der Waals surface area contributed by atoms with Crippen molar-refractivity contribution in [2.24, 2.45) is 0 Å². The largest absolute Gasteiger partial charge is 0.366 e. The number of benzene rings is 2. The summed E-state index contributed by atoms with van der Waals surface area (Å²) in [6.45, 7) is 6.94. The van der Waals surface area contributed by atoms with Crippen molar-refractivity contribution in [3.8, 4) is 0 Å². The Bertz CT molecular complexity index is 822. The van der Waals surface area contributed by atoms with E-state index in [0.29, 0.717) is 11.7 Å². The number of amides is 1. The number of nitrogens with one attached hydrogen (secondary N) is 1. The van der Waals surface area contributed by atoms with Gasteiger partial charge in [0.15, 0.2) is 0 Å². The van der Waals surface area contributed by atoms with Gasteiger partial charge in [-0.3, -0.25) is 19.8 Å². The number of piperazine rings is 1. The van der Waals surface area contributed by atoms with Gasteiger partial charge in [0.2, 0.25) is 5.91 Å². The highest BCUT2D eigenvalue weighted by atomic mass is 16.6. The third kappa shape index (κ3) is 4.83. The zero-order valence-electron chi connectivity index (χ0n) is 15.6. The Labute approximate surface area is 158 Å². The molecule has 2 aromatic rings. The summed E-state index contributed by atoms with van der Waals surface area (Å²) >= 11 is 0. The van der Waals surface area contributed by atoms with E-state index in [4.69, 9.17) is 0 Å². The minimum absolute atomic E-state index is 0.0341. The van der Waals surface area contributed by atoms with Crippen molar-refractivity contribution in [2.75, 3.05) is 36.4 Å². The molecule has 2 aromatic carbocycles. The van der Waals surface area contributed by atoms with E-state index in [-0.39, 0.29) is 18.1 Å². The van der Waals surface area contributed by atoms with Gasteiger partial charge in [-0.1, -0.05) is 23.8 Å². The number of carbonyl (C=O) groups is 1. The average molecular weight is 368 g/mol. The fourth-order valence-corrected chi connectivity index (χ4v) is 3.40. The van der Waals surface area contributed by atoms with Crippen LogP contribution in [0.3, 0.4) is 0 Å². The topological polar surface area (TPSA) is 78.7 Å². The van der Waals surface area contributed by atoms with Crippen LogP contribution in [0.1, 0.15) is 12.5 Å². The highest BCUT2D eigenvalue weighted by Gasteiger charge is 2.25. The third-order valence-corrected chi connectivity index (χ3v) is 4.79. The summed E-state index contributed by atoms with van der Waals surface area (Å²) in [4.78, 5) is 27.2. The van der Waals surface area contributed by atoms with Gasteiger partial charge in [0.25, 0.3) is 5.69 Å². The molecule has 0 spiro atoms. The molecular weight excluding hydrogens is 344 g/mol. The third-order valence-electron chi connectivity index (χ3n) is 4.79. The van der Waals surface area contributed by atoms with Gasteiger partial charge in [-0.25, -0.2) is 0 Å². The molecule has 1 amide bonds. The second-order valence-corrected chi connectivity index (χ2v) is 6.97. The van der Waals surface area contributed by atoms with Crippen LogP contribution in [0.2, 0.25) is 0 Å². The highest BCUT2D eigenvalue weighted by Crippen LogP contribution is 2.21. The van der Waals surface area contributed by atoms with Crippen molar-refractivity contribution in [3.05, 3.63) is 64.2 Å². The van der Waals surface area contributed by atoms with Crippen LogP contribution in [0.15, 0.2) is 48.5 Å². The van der Waals surface area contributed by atoms with Crippen LogP contribution in [0.4, 0.5) is 17.1 Å². The maximum atomic E-state index is 12.3. The lowest BCUT2D eigenvalue weighted by molar-refractivity contribution is -0.384. The standard InChI is InChI=1S/C20H24N4O3/c1-15-6-8-18(9-7-15)23-11-10-22(13-16(23)2)14-20(25)21-17-4-3-5-19(12-17)24(26)27/h3-9,12,16H,10-11,13-14H2,1-2H3,(H,21,25). The van der Waals surface area contributed by atoms with Crippen molar-refractivity contribution < 1.29 is 9.72 Å². The number of nitro groups is 1. The van der Waals surface area contributed by atoms with Gasteiger partial charge in [0.05, 0.1) is 11.5 Å². The smallest absolute Gasteiger partial charge is 0.271 e. The van der Waals surface area contributed by atoms with Crippen LogP contribution in [0.25, 0.3) is 0 Å². The highest BCUT2D eigenvalue weighted by molar-refractivity contribution is 5.92. The summed E-state index contributed by atoms with van der Waals surface area (Å²) in [5.41, 5.74) is 2.85. The maximum absolute atomic E-state index is 12.3. The molecule has 7 heteroatoms. The molecular formula is C20H24N4O3. The number of anilines is 2. The molecule has 27 heavy (non-hydrogen) atoms. The van der Waals surface area contributed by atoms with E-state index in [1.54, 1.807) is 12.1 Å². The fourth-order valence-electron chi connectivity index (χ4n) is 3.40. The summed E-state index contributed by atoms with van der Waals surface area (Å²) in [6.07, 6.45) is 0. The number of hydrogen-bond acceptors (Lipinski definition) is 5. The Kier molecular flexibility index (Phi) is 5.71. The van der Waals surface area contributed by atoms with E-state index < -0.39 is 4.92 Å². The predicted octanol–water partition coefficient (Wildman–Crippen LogP) is 3.05. The number of nitrogens with zero attached hydrogens (tertiary/aromatic N) is 3. The molecule has 1 fully saturated rings. The van der Waals surface area contributed by atoms with Crippen molar-refractivity contribution in [3.63, 3.8) is 0 Å². The summed E-state index contributed by atoms with van der Waals surface area (Å²) in [5.74, 6) is -0.161. The molecule has 1 heterocycles. The van der Waals surface area contributed by atoms with Crippen LogP contribution < -0.4 is 10.2 Å². The van der Waals surface area contributed by atoms with E-state index in [0.717, 1.165) is 19.6 Å². The van der Waals surface area contributed by atoms with Gasteiger partial charge in [0.1, 0.15) is 0 Å². The first kappa shape index (κ1) is 18.8. The van der Waals surface area contributed by atoms with Crippen LogP contribution in [0, 0.1) is 17.0 Å². The minimum atomic E-state index is -0.471. The van der Waals surface area contributed by atoms with E-state index in [2.05, 4.69) is 53.2 Å². The minimum Gasteiger partial charge on any atom is -0.366 e. The molecule has 1 atom stereocenters. The zero-order valence-corrected chi connectivity index (χ0v) is 15.6. The summed E-state index contributed by atoms with van der Waals surface area (Å²) in [6, 6.07) is 14.8. The van der Waals surface area contributed by atoms with Gasteiger partial charge in [-0.15, -0.1) is 0 Å². The van der Waals surface area contributed by atoms with Crippen molar-refractivity contribution in [1.29, 1.82) is 0 Å². The van der Waals surface area contributed by atoms with Crippen molar-refractivity contribution in [2.45, 2.75) is 19.9 Å². The van der Waals surface area contributed by atoms with E-state index >= 15 is 0 Å². The molecule has 1 aliphatic heterocycles. The summed E-state index contributed by atoms with van der Waals surface area (Å²) < 4.78 is 0. The zero-order chi connectivity index (χ0) is 19.4. The maximum Gasteiger partial charge on any atom is 0.271 e. The molecule has 0 bridgehead atoms. The molecule has 0 radical (unpaired) electrons. The molecule has 3 rings (SSSR count). The van der Waals surface area contributed by atoms with Crippen LogP contribution in [-0.4, -0.2) is 48.0 Å². The number of aryl methyl sites for hydroxylation is 1. The second kappa shape index (κ2) is 8.18. The van der Waals surface area contributed by atoms with Gasteiger partial charge in [-0.2, -0.15) is 0 Å². The average Bonchev–Trinajstić information content (AvgIpc) is 2.63. The molecule has 1 N–H and O–H groups in total. The molecule has 7 nitrogen and oxygen atoms in total. The van der Waals surface area contributed by atoms with Crippen LogP contribution in [-0.2, 0) is 4.79 Å². The SMILES string of the molecule is Cc1ccc(N2CCN(CC(=O)Nc3cccc([N+](=O)[O-])c3)CC2C)cc1. The first-order valence-corrected chi connectivity index (χ1v) is 9.02. The van der Waals surface area contributed by atoms with E-state index in [9.17, 15) is 14.9 Å². The first-order chi connectivity index (χ1) is 12.9. The van der Waals surface area contributed by atoms with Gasteiger partial charge >= 0.3 is 0 Å². The quantitative estimate of drug-likeness (QED) is 0.648. The van der Waals surface area contributed by atoms with Gasteiger partial charge < -0.3 is 10.2 Å². The first-order valence-electron chi connectivity index (χ1n) is 9.02. The Morgan fingerprint density at radius 2 is 1.96 bits per heavy atom. The Morgan fingerprint density at radius 3 is 2.63 bits per heavy atom. The Balaban J connectivity index is 1.55. The fraction of sp³-hybridized carbons (Fsp3) is 0.350. The van der Waals surface area contributed by atoms with Gasteiger partial charge in [-0.05, 0) is 32.0 Å². The summed E-state index contributed by atoms with van der Waals surface area (Å²) in [7, 11) is 0. The van der Waals surface area contributed by atoms with Crippen molar-refractivity contribution >= 4 is 23.0 Å².